The van der Waals surface area contributed by atoms with Crippen LogP contribution in [-0.2, 0) is 16.1 Å². The standard InChI is InChI=1S/C27H29N3O4/c1-18-8-9-20(16-19(18)2)17-28-27(33)24(14-15-25(31)30-34)29-26(32)23-12-10-22(11-13-23)21-6-4-3-5-7-21/h3-13,16,24,34H,14-15,17H2,1-2H3,(H,28,33)(H,29,32)(H,30,31)/t24-/m0/s1. The number of hydrogen-bond acceptors (Lipinski definition) is 4. The van der Waals surface area contributed by atoms with E-state index >= 15 is 0 Å². The van der Waals surface area contributed by atoms with Gasteiger partial charge in [0.2, 0.25) is 11.8 Å². The lowest BCUT2D eigenvalue weighted by molar-refractivity contribution is -0.129. The zero-order valence-electron chi connectivity index (χ0n) is 19.3. The number of carbonyl (C=O) groups is 3. The third-order valence-electron chi connectivity index (χ3n) is 5.70. The van der Waals surface area contributed by atoms with Crippen LogP contribution in [0.5, 0.6) is 0 Å². The summed E-state index contributed by atoms with van der Waals surface area (Å²) in [4.78, 5) is 37.2. The third-order valence-corrected chi connectivity index (χ3v) is 5.70. The number of rotatable bonds is 9. The van der Waals surface area contributed by atoms with Crippen molar-refractivity contribution in [2.75, 3.05) is 0 Å². The molecular formula is C27H29N3O4. The number of hydrogen-bond donors (Lipinski definition) is 4. The van der Waals surface area contributed by atoms with E-state index in [1.165, 1.54) is 0 Å². The van der Waals surface area contributed by atoms with Gasteiger partial charge in [-0.05, 0) is 60.2 Å². The highest BCUT2D eigenvalue weighted by atomic mass is 16.5. The van der Waals surface area contributed by atoms with E-state index in [4.69, 9.17) is 5.21 Å². The molecule has 0 radical (unpaired) electrons. The molecule has 0 aliphatic carbocycles. The van der Waals surface area contributed by atoms with Crippen LogP contribution in [0.25, 0.3) is 11.1 Å². The van der Waals surface area contributed by atoms with Crippen LogP contribution in [0.15, 0.2) is 72.8 Å². The Balaban J connectivity index is 1.67. The van der Waals surface area contributed by atoms with Gasteiger partial charge >= 0.3 is 0 Å². The molecule has 0 aromatic heterocycles. The molecule has 0 aliphatic rings. The molecule has 0 fully saturated rings. The zero-order chi connectivity index (χ0) is 24.5. The molecule has 0 aliphatic heterocycles. The van der Waals surface area contributed by atoms with Crippen LogP contribution in [0.3, 0.4) is 0 Å². The van der Waals surface area contributed by atoms with Gasteiger partial charge in [-0.15, -0.1) is 0 Å². The summed E-state index contributed by atoms with van der Waals surface area (Å²) >= 11 is 0. The monoisotopic (exact) mass is 459 g/mol. The summed E-state index contributed by atoms with van der Waals surface area (Å²) in [5, 5.41) is 14.3. The zero-order valence-corrected chi connectivity index (χ0v) is 19.3. The van der Waals surface area contributed by atoms with Crippen molar-refractivity contribution in [2.24, 2.45) is 0 Å². The molecule has 0 unspecified atom stereocenters. The van der Waals surface area contributed by atoms with Crippen LogP contribution in [0.1, 0.15) is 39.9 Å². The highest BCUT2D eigenvalue weighted by Gasteiger charge is 2.22. The molecule has 3 aromatic carbocycles. The molecular weight excluding hydrogens is 430 g/mol. The second kappa shape index (κ2) is 11.8. The Bertz CT molecular complexity index is 1140. The Labute approximate surface area is 199 Å². The van der Waals surface area contributed by atoms with Gasteiger partial charge in [0.1, 0.15) is 6.04 Å². The molecule has 4 N–H and O–H groups in total. The van der Waals surface area contributed by atoms with Crippen molar-refractivity contribution < 1.29 is 19.6 Å². The third kappa shape index (κ3) is 6.76. The Morgan fingerprint density at radius 2 is 1.53 bits per heavy atom. The fourth-order valence-electron chi connectivity index (χ4n) is 3.51. The fraction of sp³-hybridized carbons (Fsp3) is 0.222. The van der Waals surface area contributed by atoms with Gasteiger partial charge in [-0.3, -0.25) is 19.6 Å². The molecule has 3 rings (SSSR count). The molecule has 0 spiro atoms. The van der Waals surface area contributed by atoms with Gasteiger partial charge in [-0.25, -0.2) is 5.48 Å². The van der Waals surface area contributed by atoms with Gasteiger partial charge in [0.15, 0.2) is 0 Å². The second-order valence-electron chi connectivity index (χ2n) is 8.18. The molecule has 0 saturated heterocycles. The van der Waals surface area contributed by atoms with Gasteiger partial charge in [-0.1, -0.05) is 60.7 Å². The SMILES string of the molecule is Cc1ccc(CNC(=O)[C@H](CCC(=O)NO)NC(=O)c2ccc(-c3ccccc3)cc2)cc1C. The minimum absolute atomic E-state index is 0.0407. The van der Waals surface area contributed by atoms with Crippen molar-refractivity contribution in [3.05, 3.63) is 95.1 Å². The summed E-state index contributed by atoms with van der Waals surface area (Å²) in [6.07, 6.45) is -0.0789. The first-order valence-electron chi connectivity index (χ1n) is 11.1. The van der Waals surface area contributed by atoms with Crippen LogP contribution >= 0.6 is 0 Å². The van der Waals surface area contributed by atoms with Crippen molar-refractivity contribution in [3.63, 3.8) is 0 Å². The summed E-state index contributed by atoms with van der Waals surface area (Å²) < 4.78 is 0. The van der Waals surface area contributed by atoms with Gasteiger partial charge in [0.25, 0.3) is 5.91 Å². The predicted molar refractivity (Wildman–Crippen MR) is 130 cm³/mol. The number of benzene rings is 3. The van der Waals surface area contributed by atoms with Crippen LogP contribution in [0.2, 0.25) is 0 Å². The van der Waals surface area contributed by atoms with E-state index in [1.54, 1.807) is 17.6 Å². The van der Waals surface area contributed by atoms with Gasteiger partial charge in [0, 0.05) is 18.5 Å². The van der Waals surface area contributed by atoms with Crippen molar-refractivity contribution in [1.82, 2.24) is 16.1 Å². The van der Waals surface area contributed by atoms with Crippen LogP contribution in [0.4, 0.5) is 0 Å². The summed E-state index contributed by atoms with van der Waals surface area (Å²) in [7, 11) is 0. The average Bonchev–Trinajstić information content (AvgIpc) is 2.87. The highest BCUT2D eigenvalue weighted by molar-refractivity contribution is 5.98. The summed E-state index contributed by atoms with van der Waals surface area (Å²) in [5.41, 5.74) is 7.18. The lowest BCUT2D eigenvalue weighted by Crippen LogP contribution is -2.47. The van der Waals surface area contributed by atoms with E-state index in [0.29, 0.717) is 12.1 Å². The van der Waals surface area contributed by atoms with E-state index < -0.39 is 23.8 Å². The first-order valence-corrected chi connectivity index (χ1v) is 11.1. The van der Waals surface area contributed by atoms with E-state index in [9.17, 15) is 14.4 Å². The Hall–Kier alpha value is -3.97. The molecule has 0 bridgehead atoms. The molecule has 3 aromatic rings. The molecule has 0 heterocycles. The molecule has 176 valence electrons. The average molecular weight is 460 g/mol. The van der Waals surface area contributed by atoms with E-state index in [0.717, 1.165) is 27.8 Å². The van der Waals surface area contributed by atoms with Crippen molar-refractivity contribution in [3.8, 4) is 11.1 Å². The molecule has 1 atom stereocenters. The molecule has 7 nitrogen and oxygen atoms in total. The molecule has 7 heteroatoms. The number of amides is 3. The quantitative estimate of drug-likeness (QED) is 0.289. The van der Waals surface area contributed by atoms with Gasteiger partial charge in [-0.2, -0.15) is 0 Å². The normalized spacial score (nSPS) is 11.4. The van der Waals surface area contributed by atoms with Crippen LogP contribution in [0, 0.1) is 13.8 Å². The topological polar surface area (TPSA) is 108 Å². The van der Waals surface area contributed by atoms with Gasteiger partial charge in [0.05, 0.1) is 0 Å². The van der Waals surface area contributed by atoms with Crippen molar-refractivity contribution >= 4 is 17.7 Å². The number of aryl methyl sites for hydroxylation is 2. The second-order valence-corrected chi connectivity index (χ2v) is 8.18. The Kier molecular flexibility index (Phi) is 8.54. The maximum absolute atomic E-state index is 12.9. The first-order chi connectivity index (χ1) is 16.4. The predicted octanol–water partition coefficient (Wildman–Crippen LogP) is 3.67. The van der Waals surface area contributed by atoms with Gasteiger partial charge < -0.3 is 10.6 Å². The summed E-state index contributed by atoms with van der Waals surface area (Å²) in [6.45, 7) is 4.31. The Morgan fingerprint density at radius 1 is 0.853 bits per heavy atom. The largest absolute Gasteiger partial charge is 0.350 e. The lowest BCUT2D eigenvalue weighted by Gasteiger charge is -2.18. The smallest absolute Gasteiger partial charge is 0.251 e. The molecule has 3 amide bonds. The summed E-state index contributed by atoms with van der Waals surface area (Å²) in [5.74, 6) is -1.46. The van der Waals surface area contributed by atoms with Crippen LogP contribution in [-0.4, -0.2) is 29.0 Å². The molecule has 34 heavy (non-hydrogen) atoms. The minimum atomic E-state index is -0.940. The minimum Gasteiger partial charge on any atom is -0.350 e. The maximum Gasteiger partial charge on any atom is 0.251 e. The maximum atomic E-state index is 12.9. The number of nitrogens with one attached hydrogen (secondary N) is 3. The lowest BCUT2D eigenvalue weighted by atomic mass is 10.0. The van der Waals surface area contributed by atoms with E-state index in [1.807, 2.05) is 74.5 Å². The Morgan fingerprint density at radius 3 is 2.18 bits per heavy atom. The van der Waals surface area contributed by atoms with Crippen molar-refractivity contribution in [2.45, 2.75) is 39.3 Å². The van der Waals surface area contributed by atoms with E-state index in [-0.39, 0.29) is 12.8 Å². The fourth-order valence-corrected chi connectivity index (χ4v) is 3.51. The number of carbonyl (C=O) groups excluding carboxylic acids is 3. The number of hydroxylamine groups is 1. The highest BCUT2D eigenvalue weighted by Crippen LogP contribution is 2.19. The van der Waals surface area contributed by atoms with Crippen molar-refractivity contribution in [1.29, 1.82) is 0 Å². The summed E-state index contributed by atoms with van der Waals surface area (Å²) in [6, 6.07) is 21.9. The van der Waals surface area contributed by atoms with Crippen LogP contribution < -0.4 is 16.1 Å². The molecule has 0 saturated carbocycles. The first kappa shape index (κ1) is 24.7. The van der Waals surface area contributed by atoms with E-state index in [2.05, 4.69) is 10.6 Å².